The minimum atomic E-state index is 0. The van der Waals surface area contributed by atoms with Crippen LogP contribution in [0, 0.1) is 5.92 Å². The van der Waals surface area contributed by atoms with Crippen molar-refractivity contribution in [2.24, 2.45) is 5.92 Å². The van der Waals surface area contributed by atoms with Crippen molar-refractivity contribution in [2.45, 2.75) is 87.7 Å². The van der Waals surface area contributed by atoms with Gasteiger partial charge in [0.2, 0.25) is 0 Å². The normalized spacial score (nSPS) is 15.1. The van der Waals surface area contributed by atoms with E-state index in [9.17, 15) is 0 Å². The zero-order chi connectivity index (χ0) is 16.6. The lowest BCUT2D eigenvalue weighted by Gasteiger charge is -2.19. The molecule has 0 atom stereocenters. The summed E-state index contributed by atoms with van der Waals surface area (Å²) in [6.45, 7) is 17.9. The third-order valence-electron chi connectivity index (χ3n) is 3.66. The summed E-state index contributed by atoms with van der Waals surface area (Å²) in [5.74, 6) is 0.833. The number of rotatable bonds is 0. The first kappa shape index (κ1) is 25.4. The van der Waals surface area contributed by atoms with Crippen LogP contribution in [0.2, 0.25) is 0 Å². The van der Waals surface area contributed by atoms with Gasteiger partial charge in [0, 0.05) is 14.5 Å². The Kier molecular flexibility index (Phi) is 13.2. The van der Waals surface area contributed by atoms with E-state index in [1.807, 2.05) is 0 Å². The molecule has 2 nitrogen and oxygen atoms in total. The standard InChI is InChI=1S/C12H17N.C4H9N.C4H10.2CH4.H2/c1-12(2,3)11-5-4-9-7-13-8-10(9)6-11;1-2-4-5-3-1;1-4(2)3;;;/h4-6,13H,7-8H2,1-3H3;5H,1-4H2;4H,1-3H3;2*1H4;1H/i;;;;;1+1. The van der Waals surface area contributed by atoms with Crippen molar-refractivity contribution in [3.63, 3.8) is 0 Å². The maximum atomic E-state index is 3.37. The summed E-state index contributed by atoms with van der Waals surface area (Å²) in [4.78, 5) is 0. The third kappa shape index (κ3) is 10.1. The molecule has 2 aliphatic heterocycles. The summed E-state index contributed by atoms with van der Waals surface area (Å²) in [6.07, 6.45) is 2.78. The van der Waals surface area contributed by atoms with Gasteiger partial charge in [0.25, 0.3) is 0 Å². The van der Waals surface area contributed by atoms with Crippen LogP contribution < -0.4 is 10.6 Å². The number of hydrogen-bond donors (Lipinski definition) is 2. The van der Waals surface area contributed by atoms with Gasteiger partial charge >= 0.3 is 0 Å². The molecule has 144 valence electrons. The predicted molar refractivity (Wildman–Crippen MR) is 114 cm³/mol. The Balaban J connectivity index is -0.000000343. The molecule has 0 bridgehead atoms. The van der Waals surface area contributed by atoms with Gasteiger partial charge in [-0.3, -0.25) is 0 Å². The highest BCUT2D eigenvalue weighted by molar-refractivity contribution is 5.37. The average Bonchev–Trinajstić information content (AvgIpc) is 3.11. The third-order valence-corrected chi connectivity index (χ3v) is 3.66. The van der Waals surface area contributed by atoms with Crippen molar-refractivity contribution in [1.82, 2.24) is 10.6 Å². The van der Waals surface area contributed by atoms with Crippen molar-refractivity contribution in [3.8, 4) is 0 Å². The van der Waals surface area contributed by atoms with Crippen molar-refractivity contribution >= 4 is 0 Å². The van der Waals surface area contributed by atoms with E-state index in [-0.39, 0.29) is 21.7 Å². The Hall–Kier alpha value is -0.860. The molecule has 1 saturated heterocycles. The van der Waals surface area contributed by atoms with Gasteiger partial charge in [0.05, 0.1) is 0 Å². The monoisotopic (exact) mass is 339 g/mol. The summed E-state index contributed by atoms with van der Waals surface area (Å²) >= 11 is 0. The van der Waals surface area contributed by atoms with Crippen molar-refractivity contribution in [1.29, 1.82) is 0 Å². The predicted octanol–water partition coefficient (Wildman–Crippen LogP) is 6.14. The van der Waals surface area contributed by atoms with Gasteiger partial charge < -0.3 is 10.6 Å². The summed E-state index contributed by atoms with van der Waals surface area (Å²) in [5, 5.41) is 6.59. The molecule has 0 aromatic heterocycles. The van der Waals surface area contributed by atoms with Crippen LogP contribution in [-0.4, -0.2) is 13.1 Å². The van der Waals surface area contributed by atoms with Gasteiger partial charge in [-0.25, -0.2) is 0 Å². The van der Waals surface area contributed by atoms with Crippen LogP contribution in [0.15, 0.2) is 18.2 Å². The number of nitrogens with one attached hydrogen (secondary N) is 2. The van der Waals surface area contributed by atoms with Gasteiger partial charge in [-0.2, -0.15) is 0 Å². The molecule has 1 aromatic rings. The van der Waals surface area contributed by atoms with Crippen LogP contribution in [0.4, 0.5) is 0 Å². The van der Waals surface area contributed by atoms with Crippen molar-refractivity contribution in [2.75, 3.05) is 13.1 Å². The summed E-state index contributed by atoms with van der Waals surface area (Å²) in [6, 6.07) is 6.86. The van der Waals surface area contributed by atoms with E-state index >= 15 is 0 Å². The lowest BCUT2D eigenvalue weighted by Crippen LogP contribution is -2.11. The van der Waals surface area contributed by atoms with Crippen LogP contribution in [0.25, 0.3) is 0 Å². The first-order valence-electron chi connectivity index (χ1n) is 8.84. The quantitative estimate of drug-likeness (QED) is 0.593. The van der Waals surface area contributed by atoms with Gasteiger partial charge in [-0.1, -0.05) is 74.6 Å². The van der Waals surface area contributed by atoms with Crippen molar-refractivity contribution in [3.05, 3.63) is 34.9 Å². The molecule has 0 saturated carbocycles. The Morgan fingerprint density at radius 1 is 0.875 bits per heavy atom. The minimum Gasteiger partial charge on any atom is -0.317 e. The summed E-state index contributed by atoms with van der Waals surface area (Å²) < 4.78 is 0. The van der Waals surface area contributed by atoms with Gasteiger partial charge in [-0.15, -0.1) is 0 Å². The highest BCUT2D eigenvalue weighted by atomic mass is 14.9. The molecule has 1 aromatic carbocycles. The Labute approximate surface area is 154 Å². The average molecular weight is 340 g/mol. The topological polar surface area (TPSA) is 24.1 Å². The molecule has 0 unspecified atom stereocenters. The molecular formula is C22H46N2. The summed E-state index contributed by atoms with van der Waals surface area (Å²) in [5.41, 5.74) is 4.66. The zero-order valence-electron chi connectivity index (χ0n) is 15.6. The lowest BCUT2D eigenvalue weighted by molar-refractivity contribution is 0.589. The molecule has 0 radical (unpaired) electrons. The highest BCUT2D eigenvalue weighted by Gasteiger charge is 2.17. The van der Waals surface area contributed by atoms with E-state index in [1.165, 1.54) is 42.6 Å². The van der Waals surface area contributed by atoms with E-state index < -0.39 is 0 Å². The molecule has 2 aliphatic rings. The first-order chi connectivity index (χ1) is 10.3. The lowest BCUT2D eigenvalue weighted by atomic mass is 9.85. The maximum Gasteiger partial charge on any atom is 0.0212 e. The fraction of sp³-hybridized carbons (Fsp3) is 0.727. The van der Waals surface area contributed by atoms with Crippen LogP contribution in [-0.2, 0) is 18.5 Å². The smallest absolute Gasteiger partial charge is 0.0212 e. The zero-order valence-corrected chi connectivity index (χ0v) is 15.6. The van der Waals surface area contributed by atoms with Crippen LogP contribution in [0.1, 0.15) is 87.4 Å². The molecule has 1 fully saturated rings. The molecule has 0 aliphatic carbocycles. The molecular weight excluding hydrogens is 292 g/mol. The highest BCUT2D eigenvalue weighted by Crippen LogP contribution is 2.26. The van der Waals surface area contributed by atoms with E-state index in [1.54, 1.807) is 0 Å². The Morgan fingerprint density at radius 2 is 1.38 bits per heavy atom. The van der Waals surface area contributed by atoms with Gasteiger partial charge in [0.1, 0.15) is 0 Å². The molecule has 0 spiro atoms. The van der Waals surface area contributed by atoms with Crippen molar-refractivity contribution < 1.29 is 1.43 Å². The van der Waals surface area contributed by atoms with E-state index in [0.29, 0.717) is 0 Å². The minimum absolute atomic E-state index is 0. The van der Waals surface area contributed by atoms with E-state index in [2.05, 4.69) is 70.4 Å². The molecule has 24 heavy (non-hydrogen) atoms. The van der Waals surface area contributed by atoms with Gasteiger partial charge in [-0.05, 0) is 54.0 Å². The summed E-state index contributed by atoms with van der Waals surface area (Å²) in [7, 11) is 0. The second kappa shape index (κ2) is 12.5. The molecule has 0 amide bonds. The largest absolute Gasteiger partial charge is 0.317 e. The van der Waals surface area contributed by atoms with E-state index in [4.69, 9.17) is 0 Å². The second-order valence-electron chi connectivity index (χ2n) is 8.03. The number of fused-ring (bicyclic) bond motifs is 1. The second-order valence-corrected chi connectivity index (χ2v) is 8.03. The fourth-order valence-electron chi connectivity index (χ4n) is 2.39. The first-order valence-corrected chi connectivity index (χ1v) is 8.84. The molecule has 2 heteroatoms. The Bertz CT molecular complexity index is 422. The fourth-order valence-corrected chi connectivity index (χ4v) is 2.39. The van der Waals surface area contributed by atoms with Gasteiger partial charge in [0.15, 0.2) is 0 Å². The molecule has 2 N–H and O–H groups in total. The van der Waals surface area contributed by atoms with Crippen LogP contribution in [0.3, 0.4) is 0 Å². The van der Waals surface area contributed by atoms with Crippen LogP contribution in [0.5, 0.6) is 0 Å². The number of benzene rings is 1. The van der Waals surface area contributed by atoms with E-state index in [0.717, 1.165) is 19.0 Å². The SMILES string of the molecule is C.C.C1CCNC1.CC(C)(C)c1ccc2c(c1)CNC2.CC(C)C.[2HH]. The maximum absolute atomic E-state index is 3.37. The number of hydrogen-bond acceptors (Lipinski definition) is 2. The molecule has 2 heterocycles. The molecule has 3 rings (SSSR count). The van der Waals surface area contributed by atoms with Crippen LogP contribution >= 0.6 is 0 Å². The Morgan fingerprint density at radius 3 is 1.79 bits per heavy atom.